The Morgan fingerprint density at radius 1 is 1.53 bits per heavy atom. The third-order valence-electron chi connectivity index (χ3n) is 1.86. The van der Waals surface area contributed by atoms with Crippen LogP contribution in [0.25, 0.3) is 5.69 Å². The van der Waals surface area contributed by atoms with Crippen LogP contribution in [0.4, 0.5) is 10.3 Å². The molecule has 0 spiro atoms. The number of halogens is 2. The maximum Gasteiger partial charge on any atom is 0.225 e. The van der Waals surface area contributed by atoms with Gasteiger partial charge >= 0.3 is 0 Å². The van der Waals surface area contributed by atoms with Gasteiger partial charge in [-0.1, -0.05) is 17.7 Å². The third-order valence-corrected chi connectivity index (χ3v) is 2.44. The number of anilines is 1. The number of hydrogen-bond acceptors (Lipinski definition) is 3. The molecule has 4 nitrogen and oxygen atoms in total. The summed E-state index contributed by atoms with van der Waals surface area (Å²) in [6.45, 7) is 0. The van der Waals surface area contributed by atoms with Crippen molar-refractivity contribution in [2.75, 3.05) is 5.73 Å². The maximum atomic E-state index is 13.5. The smallest absolute Gasteiger partial charge is 0.225 e. The minimum atomic E-state index is -0.508. The number of rotatable bonds is 1. The Balaban J connectivity index is 2.80. The fourth-order valence-corrected chi connectivity index (χ4v) is 1.71. The highest BCUT2D eigenvalue weighted by molar-refractivity contribution is 7.71. The van der Waals surface area contributed by atoms with Gasteiger partial charge in [0.25, 0.3) is 0 Å². The number of aromatic nitrogens is 3. The minimum absolute atomic E-state index is 0.0620. The molecule has 0 aliphatic carbocycles. The van der Waals surface area contributed by atoms with Crippen molar-refractivity contribution >= 4 is 29.8 Å². The van der Waals surface area contributed by atoms with Gasteiger partial charge in [-0.05, 0) is 24.4 Å². The normalized spacial score (nSPS) is 10.5. The van der Waals surface area contributed by atoms with Crippen LogP contribution in [0, 0.1) is 10.6 Å². The van der Waals surface area contributed by atoms with Gasteiger partial charge in [-0.15, -0.1) is 5.10 Å². The van der Waals surface area contributed by atoms with Crippen molar-refractivity contribution in [2.45, 2.75) is 0 Å². The Kier molecular flexibility index (Phi) is 2.45. The molecule has 3 N–H and O–H groups in total. The Bertz CT molecular complexity index is 542. The molecule has 7 heteroatoms. The number of para-hydroxylation sites is 1. The van der Waals surface area contributed by atoms with Gasteiger partial charge in [-0.25, -0.2) is 9.49 Å². The molecular weight excluding hydrogens is 239 g/mol. The van der Waals surface area contributed by atoms with Crippen LogP contribution in [0.2, 0.25) is 5.02 Å². The predicted octanol–water partition coefficient (Wildman–Crippen LogP) is 2.30. The fourth-order valence-electron chi connectivity index (χ4n) is 1.23. The molecule has 0 amide bonds. The van der Waals surface area contributed by atoms with Crippen molar-refractivity contribution < 1.29 is 4.39 Å². The summed E-state index contributed by atoms with van der Waals surface area (Å²) in [6.07, 6.45) is 0. The molecule has 0 aliphatic rings. The van der Waals surface area contributed by atoms with E-state index in [-0.39, 0.29) is 21.4 Å². The fraction of sp³-hybridized carbons (Fsp3) is 0. The number of nitrogens with zero attached hydrogens (tertiary/aromatic N) is 2. The molecule has 2 aromatic rings. The molecule has 0 saturated heterocycles. The van der Waals surface area contributed by atoms with Gasteiger partial charge in [-0.2, -0.15) is 0 Å². The van der Waals surface area contributed by atoms with Crippen LogP contribution in [0.5, 0.6) is 0 Å². The first-order chi connectivity index (χ1) is 7.11. The zero-order chi connectivity index (χ0) is 11.0. The summed E-state index contributed by atoms with van der Waals surface area (Å²) in [5, 5.41) is 6.35. The lowest BCUT2D eigenvalue weighted by molar-refractivity contribution is 0.618. The Labute approximate surface area is 94.5 Å². The van der Waals surface area contributed by atoms with Crippen LogP contribution in [0.3, 0.4) is 0 Å². The van der Waals surface area contributed by atoms with Crippen molar-refractivity contribution in [3.63, 3.8) is 0 Å². The number of hydrogen-bond donors (Lipinski definition) is 2. The zero-order valence-electron chi connectivity index (χ0n) is 7.37. The first-order valence-electron chi connectivity index (χ1n) is 3.98. The van der Waals surface area contributed by atoms with E-state index in [1.807, 2.05) is 0 Å². The molecule has 0 unspecified atom stereocenters. The average Bonchev–Trinajstić information content (AvgIpc) is 2.49. The number of H-pyrrole nitrogens is 1. The quantitative estimate of drug-likeness (QED) is 0.757. The van der Waals surface area contributed by atoms with Crippen LogP contribution in [-0.2, 0) is 0 Å². The second-order valence-corrected chi connectivity index (χ2v) is 3.59. The van der Waals surface area contributed by atoms with Gasteiger partial charge in [0.2, 0.25) is 10.7 Å². The van der Waals surface area contributed by atoms with Crippen molar-refractivity contribution in [2.24, 2.45) is 0 Å². The zero-order valence-corrected chi connectivity index (χ0v) is 8.94. The molecule has 78 valence electrons. The van der Waals surface area contributed by atoms with E-state index in [4.69, 9.17) is 29.6 Å². The van der Waals surface area contributed by atoms with Crippen LogP contribution < -0.4 is 5.73 Å². The van der Waals surface area contributed by atoms with Gasteiger partial charge in [0.15, 0.2) is 0 Å². The molecule has 0 bridgehead atoms. The highest BCUT2D eigenvalue weighted by atomic mass is 35.5. The van der Waals surface area contributed by atoms with Gasteiger partial charge in [0, 0.05) is 0 Å². The highest BCUT2D eigenvalue weighted by Crippen LogP contribution is 2.25. The first kappa shape index (κ1) is 10.1. The number of nitrogens with one attached hydrogen (secondary N) is 1. The van der Waals surface area contributed by atoms with Crippen molar-refractivity contribution in [1.29, 1.82) is 0 Å². The number of aromatic amines is 1. The van der Waals surface area contributed by atoms with E-state index in [0.29, 0.717) is 0 Å². The van der Waals surface area contributed by atoms with Gasteiger partial charge in [-0.3, -0.25) is 4.57 Å². The maximum absolute atomic E-state index is 13.5. The second-order valence-electron chi connectivity index (χ2n) is 2.79. The van der Waals surface area contributed by atoms with Crippen molar-refractivity contribution in [3.05, 3.63) is 33.8 Å². The van der Waals surface area contributed by atoms with Gasteiger partial charge in [0.05, 0.1) is 5.02 Å². The molecule has 0 fully saturated rings. The minimum Gasteiger partial charge on any atom is -0.368 e. The van der Waals surface area contributed by atoms with E-state index < -0.39 is 5.82 Å². The summed E-state index contributed by atoms with van der Waals surface area (Å²) in [4.78, 5) is 0. The number of nitrogens with two attached hydrogens (primary N) is 1. The summed E-state index contributed by atoms with van der Waals surface area (Å²) in [5.74, 6) is -0.446. The molecule has 0 atom stereocenters. The lowest BCUT2D eigenvalue weighted by Gasteiger charge is -2.06. The van der Waals surface area contributed by atoms with Crippen LogP contribution in [0.1, 0.15) is 0 Å². The van der Waals surface area contributed by atoms with E-state index in [1.54, 1.807) is 6.07 Å². The Hall–Kier alpha value is -1.40. The summed E-state index contributed by atoms with van der Waals surface area (Å²) < 4.78 is 15.0. The topological polar surface area (TPSA) is 59.6 Å². The van der Waals surface area contributed by atoms with E-state index in [2.05, 4.69) is 10.2 Å². The molecule has 0 saturated carbocycles. The summed E-state index contributed by atoms with van der Waals surface area (Å²) in [5.41, 5.74) is 5.65. The standard InChI is InChI=1S/C8H6ClFN4S/c9-4-2-1-3-5(10)6(4)14-7(11)12-13-8(14)15/h1-3H,(H2,11,12)(H,13,15). The van der Waals surface area contributed by atoms with E-state index in [9.17, 15) is 4.39 Å². The van der Waals surface area contributed by atoms with E-state index in [1.165, 1.54) is 16.7 Å². The first-order valence-corrected chi connectivity index (χ1v) is 4.77. The molecule has 1 aromatic heterocycles. The van der Waals surface area contributed by atoms with Crippen LogP contribution in [-0.4, -0.2) is 14.8 Å². The molecular formula is C8H6ClFN4S. The molecule has 0 radical (unpaired) electrons. The van der Waals surface area contributed by atoms with Gasteiger partial charge < -0.3 is 5.73 Å². The molecule has 2 rings (SSSR count). The summed E-state index contributed by atoms with van der Waals surface area (Å²) in [7, 11) is 0. The van der Waals surface area contributed by atoms with Crippen molar-refractivity contribution in [1.82, 2.24) is 14.8 Å². The molecule has 15 heavy (non-hydrogen) atoms. The summed E-state index contributed by atoms with van der Waals surface area (Å²) >= 11 is 10.8. The second kappa shape index (κ2) is 3.63. The number of nitrogen functional groups attached to an aromatic ring is 1. The average molecular weight is 245 g/mol. The molecule has 1 heterocycles. The van der Waals surface area contributed by atoms with Crippen molar-refractivity contribution in [3.8, 4) is 5.69 Å². The Morgan fingerprint density at radius 3 is 2.80 bits per heavy atom. The van der Waals surface area contributed by atoms with Gasteiger partial charge in [0.1, 0.15) is 11.5 Å². The molecule has 0 aliphatic heterocycles. The third kappa shape index (κ3) is 1.62. The SMILES string of the molecule is Nc1n[nH]c(=S)n1-c1c(F)cccc1Cl. The largest absolute Gasteiger partial charge is 0.368 e. The predicted molar refractivity (Wildman–Crippen MR) is 58.1 cm³/mol. The lowest BCUT2D eigenvalue weighted by Crippen LogP contribution is -2.03. The highest BCUT2D eigenvalue weighted by Gasteiger charge is 2.13. The number of benzene rings is 1. The lowest BCUT2D eigenvalue weighted by atomic mass is 10.3. The summed E-state index contributed by atoms with van der Waals surface area (Å²) in [6, 6.07) is 4.32. The monoisotopic (exact) mass is 244 g/mol. The van der Waals surface area contributed by atoms with E-state index >= 15 is 0 Å². The molecule has 1 aromatic carbocycles. The van der Waals surface area contributed by atoms with Crippen LogP contribution >= 0.6 is 23.8 Å². The van der Waals surface area contributed by atoms with E-state index in [0.717, 1.165) is 0 Å². The van der Waals surface area contributed by atoms with Crippen LogP contribution in [0.15, 0.2) is 18.2 Å². The Morgan fingerprint density at radius 2 is 2.27 bits per heavy atom.